The number of hydrogen-bond donors (Lipinski definition) is 1. The third-order valence-corrected chi connectivity index (χ3v) is 5.00. The molecule has 1 aliphatic rings. The van der Waals surface area contributed by atoms with Crippen LogP contribution in [0.2, 0.25) is 0 Å². The van der Waals surface area contributed by atoms with Crippen LogP contribution >= 0.6 is 11.3 Å². The van der Waals surface area contributed by atoms with Gasteiger partial charge in [0.1, 0.15) is 0 Å². The van der Waals surface area contributed by atoms with Crippen molar-refractivity contribution in [1.29, 1.82) is 0 Å². The van der Waals surface area contributed by atoms with E-state index in [1.165, 1.54) is 25.9 Å². The fraction of sp³-hybridized carbons (Fsp3) is 0.467. The van der Waals surface area contributed by atoms with Crippen molar-refractivity contribution in [1.82, 2.24) is 9.88 Å². The highest BCUT2D eigenvalue weighted by molar-refractivity contribution is 7.22. The molecule has 2 N–H and O–H groups in total. The molecule has 6 heteroatoms. The fourth-order valence-corrected chi connectivity index (χ4v) is 3.58. The van der Waals surface area contributed by atoms with E-state index in [1.807, 2.05) is 13.1 Å². The maximum atomic E-state index is 11.4. The van der Waals surface area contributed by atoms with Crippen molar-refractivity contribution >= 4 is 32.6 Å². The van der Waals surface area contributed by atoms with Gasteiger partial charge in [0.05, 0.1) is 15.8 Å². The number of benzene rings is 1. The van der Waals surface area contributed by atoms with E-state index in [-0.39, 0.29) is 0 Å². The lowest BCUT2D eigenvalue weighted by Crippen LogP contribution is -2.31. The van der Waals surface area contributed by atoms with Gasteiger partial charge in [-0.2, -0.15) is 0 Å². The van der Waals surface area contributed by atoms with Gasteiger partial charge >= 0.3 is 0 Å². The van der Waals surface area contributed by atoms with E-state index in [9.17, 15) is 4.79 Å². The van der Waals surface area contributed by atoms with E-state index in [4.69, 9.17) is 5.73 Å². The number of fused-ring (bicyclic) bond motifs is 1. The van der Waals surface area contributed by atoms with E-state index in [1.54, 1.807) is 17.4 Å². The minimum atomic E-state index is -0.451. The number of primary amides is 1. The van der Waals surface area contributed by atoms with Crippen LogP contribution in [0.15, 0.2) is 12.1 Å². The number of carbonyl (C=O) groups excluding carboxylic acids is 1. The largest absolute Gasteiger partial charge is 0.366 e. The molecular weight excluding hydrogens is 284 g/mol. The number of aromatic nitrogens is 1. The molecular formula is C15H19N4OS. The molecule has 0 unspecified atom stereocenters. The molecule has 0 spiro atoms. The van der Waals surface area contributed by atoms with Crippen LogP contribution < -0.4 is 10.6 Å². The Morgan fingerprint density at radius 1 is 1.48 bits per heavy atom. The topological polar surface area (TPSA) is 62.5 Å². The Morgan fingerprint density at radius 2 is 2.24 bits per heavy atom. The number of carbonyl (C=O) groups is 1. The number of nitrogens with zero attached hydrogens (tertiary/aromatic N) is 3. The summed E-state index contributed by atoms with van der Waals surface area (Å²) in [5, 5.41) is 0.922. The Labute approximate surface area is 128 Å². The summed E-state index contributed by atoms with van der Waals surface area (Å²) < 4.78 is 0.953. The van der Waals surface area contributed by atoms with Crippen LogP contribution in [0.4, 0.5) is 5.13 Å². The van der Waals surface area contributed by atoms with Crippen LogP contribution in [-0.4, -0.2) is 49.0 Å². The summed E-state index contributed by atoms with van der Waals surface area (Å²) >= 11 is 1.58. The van der Waals surface area contributed by atoms with Crippen LogP contribution in [0.3, 0.4) is 0 Å². The van der Waals surface area contributed by atoms with Crippen molar-refractivity contribution in [2.75, 3.05) is 38.1 Å². The molecule has 1 saturated heterocycles. The minimum absolute atomic E-state index is 0.447. The summed E-state index contributed by atoms with van der Waals surface area (Å²) in [4.78, 5) is 20.6. The van der Waals surface area contributed by atoms with Crippen molar-refractivity contribution in [3.63, 3.8) is 0 Å². The van der Waals surface area contributed by atoms with Crippen LogP contribution in [0.5, 0.6) is 0 Å². The Bertz CT molecular complexity index is 648. The molecule has 1 fully saturated rings. The highest BCUT2D eigenvalue weighted by Crippen LogP contribution is 2.29. The van der Waals surface area contributed by atoms with E-state index in [0.29, 0.717) is 11.1 Å². The van der Waals surface area contributed by atoms with Gasteiger partial charge < -0.3 is 15.5 Å². The molecule has 1 aromatic heterocycles. The van der Waals surface area contributed by atoms with Crippen molar-refractivity contribution < 1.29 is 4.79 Å². The van der Waals surface area contributed by atoms with Gasteiger partial charge in [0.25, 0.3) is 5.91 Å². The summed E-state index contributed by atoms with van der Waals surface area (Å²) in [5.74, 6) is -0.451. The quantitative estimate of drug-likeness (QED) is 0.913. The van der Waals surface area contributed by atoms with Gasteiger partial charge in [0.15, 0.2) is 5.13 Å². The van der Waals surface area contributed by atoms with Gasteiger partial charge in [-0.05, 0) is 44.1 Å². The number of amides is 1. The van der Waals surface area contributed by atoms with Gasteiger partial charge in [-0.1, -0.05) is 11.3 Å². The number of nitrogens with two attached hydrogens (primary N) is 1. The highest BCUT2D eigenvalue weighted by Gasteiger charge is 2.16. The zero-order chi connectivity index (χ0) is 14.8. The van der Waals surface area contributed by atoms with Crippen molar-refractivity contribution in [3.8, 4) is 0 Å². The number of hydrogen-bond acceptors (Lipinski definition) is 5. The Kier molecular flexibility index (Phi) is 4.07. The van der Waals surface area contributed by atoms with Crippen molar-refractivity contribution in [3.05, 3.63) is 23.8 Å². The third-order valence-electron chi connectivity index (χ3n) is 3.88. The smallest absolute Gasteiger partial charge is 0.250 e. The molecule has 1 radical (unpaired) electrons. The van der Waals surface area contributed by atoms with E-state index in [2.05, 4.69) is 20.9 Å². The molecule has 0 bridgehead atoms. The molecule has 5 nitrogen and oxygen atoms in total. The highest BCUT2D eigenvalue weighted by atomic mass is 32.1. The minimum Gasteiger partial charge on any atom is -0.366 e. The van der Waals surface area contributed by atoms with Gasteiger partial charge in [-0.25, -0.2) is 4.98 Å². The second kappa shape index (κ2) is 5.99. The van der Waals surface area contributed by atoms with E-state index < -0.39 is 5.91 Å². The first-order valence-electron chi connectivity index (χ1n) is 7.19. The predicted molar refractivity (Wildman–Crippen MR) is 85.9 cm³/mol. The van der Waals surface area contributed by atoms with Gasteiger partial charge in [-0.3, -0.25) is 4.79 Å². The molecule has 1 aliphatic heterocycles. The molecule has 2 aromatic rings. The summed E-state index contributed by atoms with van der Waals surface area (Å²) in [5.41, 5.74) is 6.53. The van der Waals surface area contributed by atoms with Gasteiger partial charge in [0.2, 0.25) is 0 Å². The predicted octanol–water partition coefficient (Wildman–Crippen LogP) is 1.73. The standard InChI is InChI=1S/C15H19N4OS/c1-18(9-10-19-7-2-3-8-19)15-17-13-11(14(16)20)5-4-6-12(13)21-15/h5-6H,2-3,7-10H2,1H3,(H2,16,20). The molecule has 0 atom stereocenters. The first-order valence-corrected chi connectivity index (χ1v) is 8.01. The lowest BCUT2D eigenvalue weighted by Gasteiger charge is -2.20. The summed E-state index contributed by atoms with van der Waals surface area (Å²) in [6, 6.07) is 6.43. The maximum absolute atomic E-state index is 11.4. The fourth-order valence-electron chi connectivity index (χ4n) is 2.62. The lowest BCUT2D eigenvalue weighted by atomic mass is 10.2. The van der Waals surface area contributed by atoms with Crippen LogP contribution in [0.1, 0.15) is 23.2 Å². The Balaban J connectivity index is 1.76. The second-order valence-electron chi connectivity index (χ2n) is 5.41. The second-order valence-corrected chi connectivity index (χ2v) is 6.42. The molecule has 111 valence electrons. The first kappa shape index (κ1) is 14.3. The SMILES string of the molecule is CN(CCN1CCCC1)c1nc2c(C(N)=O)c[c]cc2s1. The summed E-state index contributed by atoms with van der Waals surface area (Å²) in [6.07, 6.45) is 2.62. The number of likely N-dealkylation sites (tertiary alicyclic amines) is 1. The third kappa shape index (κ3) is 3.01. The summed E-state index contributed by atoms with van der Waals surface area (Å²) in [7, 11) is 2.04. The zero-order valence-corrected chi connectivity index (χ0v) is 12.9. The maximum Gasteiger partial charge on any atom is 0.250 e. The Hall–Kier alpha value is -1.66. The zero-order valence-electron chi connectivity index (χ0n) is 12.1. The number of rotatable bonds is 5. The van der Waals surface area contributed by atoms with Crippen LogP contribution in [0.25, 0.3) is 10.2 Å². The number of thiazole rings is 1. The molecule has 0 aliphatic carbocycles. The van der Waals surface area contributed by atoms with E-state index in [0.717, 1.165) is 22.9 Å². The van der Waals surface area contributed by atoms with E-state index >= 15 is 0 Å². The lowest BCUT2D eigenvalue weighted by molar-refractivity contribution is 0.100. The van der Waals surface area contributed by atoms with Crippen LogP contribution in [0, 0.1) is 6.07 Å². The number of likely N-dealkylation sites (N-methyl/N-ethyl adjacent to an activating group) is 1. The molecule has 2 heterocycles. The Morgan fingerprint density at radius 3 is 2.95 bits per heavy atom. The van der Waals surface area contributed by atoms with Crippen molar-refractivity contribution in [2.45, 2.75) is 12.8 Å². The first-order chi connectivity index (χ1) is 10.1. The molecule has 1 aromatic carbocycles. The monoisotopic (exact) mass is 303 g/mol. The van der Waals surface area contributed by atoms with Gasteiger partial charge in [0, 0.05) is 20.1 Å². The average Bonchev–Trinajstić information content (AvgIpc) is 3.12. The normalized spacial score (nSPS) is 15.7. The average molecular weight is 303 g/mol. The molecule has 21 heavy (non-hydrogen) atoms. The molecule has 1 amide bonds. The molecule has 0 saturated carbocycles. The van der Waals surface area contributed by atoms with Crippen molar-refractivity contribution in [2.24, 2.45) is 5.73 Å². The van der Waals surface area contributed by atoms with Crippen LogP contribution in [-0.2, 0) is 0 Å². The number of anilines is 1. The summed E-state index contributed by atoms with van der Waals surface area (Å²) in [6.45, 7) is 4.40. The van der Waals surface area contributed by atoms with Gasteiger partial charge in [-0.15, -0.1) is 0 Å². The molecule has 3 rings (SSSR count).